The Morgan fingerprint density at radius 3 is 3.18 bits per heavy atom. The molecule has 2 N–H and O–H groups in total. The minimum absolute atomic E-state index is 0.221. The molecule has 4 heteroatoms. The van der Waals surface area contributed by atoms with Gasteiger partial charge < -0.3 is 10.6 Å². The Bertz CT molecular complexity index is 132. The Kier molecular flexibility index (Phi) is 3.66. The molecule has 0 unspecified atom stereocenters. The zero-order chi connectivity index (χ0) is 8.10. The summed E-state index contributed by atoms with van der Waals surface area (Å²) in [6.07, 6.45) is 2.89. The molecule has 1 heterocycles. The average Bonchev–Trinajstić information content (AvgIpc) is 2.06. The fourth-order valence-corrected chi connectivity index (χ4v) is 1.73. The second-order valence-corrected chi connectivity index (χ2v) is 3.06. The highest BCUT2D eigenvalue weighted by molar-refractivity contribution is 6.18. The van der Waals surface area contributed by atoms with Gasteiger partial charge in [-0.25, -0.2) is 0 Å². The van der Waals surface area contributed by atoms with Gasteiger partial charge in [0.15, 0.2) is 0 Å². The third kappa shape index (κ3) is 2.34. The van der Waals surface area contributed by atoms with E-state index in [4.69, 9.17) is 11.6 Å². The van der Waals surface area contributed by atoms with Gasteiger partial charge >= 0.3 is 0 Å². The molecule has 0 spiro atoms. The number of carbonyl (C=O) groups is 1. The molecule has 1 amide bonds. The summed E-state index contributed by atoms with van der Waals surface area (Å²) in [5, 5.41) is 6.01. The molecule has 0 aromatic rings. The summed E-state index contributed by atoms with van der Waals surface area (Å²) in [7, 11) is 0. The molecule has 2 atom stereocenters. The quantitative estimate of drug-likeness (QED) is 0.473. The predicted octanol–water partition coefficient (Wildman–Crippen LogP) is 0.0918. The number of alkyl halides is 1. The third-order valence-electron chi connectivity index (χ3n) is 2.03. The molecule has 0 aromatic heterocycles. The van der Waals surface area contributed by atoms with Gasteiger partial charge in [-0.15, -0.1) is 11.6 Å². The standard InChI is InChI=1S/C7H13ClN2O/c8-4-7-6(10-5-11)2-1-3-9-7/h5-7,9H,1-4H2,(H,10,11)/t6-,7-/m1/s1. The van der Waals surface area contributed by atoms with Gasteiger partial charge in [-0.2, -0.15) is 0 Å². The molecule has 0 saturated carbocycles. The topological polar surface area (TPSA) is 41.1 Å². The van der Waals surface area contributed by atoms with Crippen LogP contribution in [0.5, 0.6) is 0 Å². The molecule has 0 aromatic carbocycles. The zero-order valence-electron chi connectivity index (χ0n) is 6.35. The fourth-order valence-electron chi connectivity index (χ4n) is 1.40. The molecule has 3 nitrogen and oxygen atoms in total. The van der Waals surface area contributed by atoms with Crippen LogP contribution in [0.4, 0.5) is 0 Å². The minimum atomic E-state index is 0.221. The normalized spacial score (nSPS) is 31.4. The Morgan fingerprint density at radius 1 is 1.73 bits per heavy atom. The highest BCUT2D eigenvalue weighted by atomic mass is 35.5. The Labute approximate surface area is 71.5 Å². The number of amides is 1. The van der Waals surface area contributed by atoms with E-state index in [-0.39, 0.29) is 12.1 Å². The fraction of sp³-hybridized carbons (Fsp3) is 0.857. The van der Waals surface area contributed by atoms with Crippen LogP contribution in [0.2, 0.25) is 0 Å². The van der Waals surface area contributed by atoms with Gasteiger partial charge in [-0.1, -0.05) is 0 Å². The van der Waals surface area contributed by atoms with Crippen molar-refractivity contribution < 1.29 is 4.79 Å². The summed E-state index contributed by atoms with van der Waals surface area (Å²) in [5.74, 6) is 0.561. The third-order valence-corrected chi connectivity index (χ3v) is 2.36. The van der Waals surface area contributed by atoms with Crippen molar-refractivity contribution in [2.45, 2.75) is 24.9 Å². The summed E-state index contributed by atoms with van der Waals surface area (Å²) in [6.45, 7) is 1.01. The van der Waals surface area contributed by atoms with Crippen LogP contribution in [0.25, 0.3) is 0 Å². The first-order valence-corrected chi connectivity index (χ1v) is 4.41. The van der Waals surface area contributed by atoms with E-state index >= 15 is 0 Å². The highest BCUT2D eigenvalue weighted by Crippen LogP contribution is 2.08. The summed E-state index contributed by atoms with van der Waals surface area (Å²) < 4.78 is 0. The molecule has 1 rings (SSSR count). The minimum Gasteiger partial charge on any atom is -0.354 e. The molecule has 0 radical (unpaired) electrons. The van der Waals surface area contributed by atoms with Gasteiger partial charge in [0.2, 0.25) is 6.41 Å². The van der Waals surface area contributed by atoms with Crippen molar-refractivity contribution in [1.82, 2.24) is 10.6 Å². The second-order valence-electron chi connectivity index (χ2n) is 2.75. The maximum absolute atomic E-state index is 10.2. The summed E-state index contributed by atoms with van der Waals surface area (Å²) >= 11 is 5.69. The van der Waals surface area contributed by atoms with E-state index in [0.717, 1.165) is 25.8 Å². The largest absolute Gasteiger partial charge is 0.354 e. The molecule has 0 aliphatic carbocycles. The van der Waals surface area contributed by atoms with E-state index in [0.29, 0.717) is 5.88 Å². The van der Waals surface area contributed by atoms with Crippen LogP contribution in [-0.4, -0.2) is 30.9 Å². The summed E-state index contributed by atoms with van der Waals surface area (Å²) in [4.78, 5) is 10.2. The average molecular weight is 177 g/mol. The number of hydrogen-bond acceptors (Lipinski definition) is 2. The lowest BCUT2D eigenvalue weighted by Gasteiger charge is -2.30. The van der Waals surface area contributed by atoms with Crippen LogP contribution in [0.1, 0.15) is 12.8 Å². The van der Waals surface area contributed by atoms with Crippen molar-refractivity contribution in [2.24, 2.45) is 0 Å². The lowest BCUT2D eigenvalue weighted by Crippen LogP contribution is -2.52. The molecular formula is C7H13ClN2O. The van der Waals surface area contributed by atoms with E-state index in [9.17, 15) is 4.79 Å². The van der Waals surface area contributed by atoms with Crippen molar-refractivity contribution in [1.29, 1.82) is 0 Å². The van der Waals surface area contributed by atoms with Gasteiger partial charge in [0.25, 0.3) is 0 Å². The zero-order valence-corrected chi connectivity index (χ0v) is 7.10. The van der Waals surface area contributed by atoms with Crippen LogP contribution in [0.3, 0.4) is 0 Å². The van der Waals surface area contributed by atoms with Crippen LogP contribution >= 0.6 is 11.6 Å². The van der Waals surface area contributed by atoms with Gasteiger partial charge in [0, 0.05) is 18.0 Å². The number of nitrogens with one attached hydrogen (secondary N) is 2. The van der Waals surface area contributed by atoms with Crippen LogP contribution in [0.15, 0.2) is 0 Å². The molecule has 64 valence electrons. The van der Waals surface area contributed by atoms with Gasteiger partial charge in [0.1, 0.15) is 0 Å². The van der Waals surface area contributed by atoms with E-state index in [2.05, 4.69) is 10.6 Å². The molecule has 1 aliphatic rings. The van der Waals surface area contributed by atoms with E-state index < -0.39 is 0 Å². The molecule has 1 saturated heterocycles. The summed E-state index contributed by atoms with van der Waals surface area (Å²) in [6, 6.07) is 0.467. The van der Waals surface area contributed by atoms with Crippen molar-refractivity contribution in [2.75, 3.05) is 12.4 Å². The first-order valence-electron chi connectivity index (χ1n) is 3.87. The molecular weight excluding hydrogens is 164 g/mol. The smallest absolute Gasteiger partial charge is 0.207 e. The first kappa shape index (κ1) is 8.81. The number of carbonyl (C=O) groups excluding carboxylic acids is 1. The van der Waals surface area contributed by atoms with E-state index in [1.165, 1.54) is 0 Å². The first-order chi connectivity index (χ1) is 5.38. The van der Waals surface area contributed by atoms with Gasteiger partial charge in [-0.3, -0.25) is 4.79 Å². The Hall–Kier alpha value is -0.280. The number of rotatable bonds is 3. The van der Waals surface area contributed by atoms with Gasteiger partial charge in [0.05, 0.1) is 0 Å². The number of piperidine rings is 1. The van der Waals surface area contributed by atoms with Crippen LogP contribution in [0, 0.1) is 0 Å². The highest BCUT2D eigenvalue weighted by Gasteiger charge is 2.22. The second kappa shape index (κ2) is 4.57. The van der Waals surface area contributed by atoms with Crippen molar-refractivity contribution in [3.63, 3.8) is 0 Å². The Morgan fingerprint density at radius 2 is 2.55 bits per heavy atom. The van der Waals surface area contributed by atoms with Crippen LogP contribution < -0.4 is 10.6 Å². The van der Waals surface area contributed by atoms with Crippen molar-refractivity contribution in [3.8, 4) is 0 Å². The van der Waals surface area contributed by atoms with E-state index in [1.807, 2.05) is 0 Å². The number of hydrogen-bond donors (Lipinski definition) is 2. The maximum atomic E-state index is 10.2. The van der Waals surface area contributed by atoms with Crippen molar-refractivity contribution >= 4 is 18.0 Å². The molecule has 0 bridgehead atoms. The summed E-state index contributed by atoms with van der Waals surface area (Å²) in [5.41, 5.74) is 0. The lowest BCUT2D eigenvalue weighted by molar-refractivity contribution is -0.110. The predicted molar refractivity (Wildman–Crippen MR) is 44.7 cm³/mol. The lowest BCUT2D eigenvalue weighted by atomic mass is 10.0. The maximum Gasteiger partial charge on any atom is 0.207 e. The van der Waals surface area contributed by atoms with Gasteiger partial charge in [-0.05, 0) is 19.4 Å². The SMILES string of the molecule is O=CN[C@@H]1CCCN[C@@H]1CCl. The monoisotopic (exact) mass is 176 g/mol. The Balaban J connectivity index is 2.37. The van der Waals surface area contributed by atoms with Crippen molar-refractivity contribution in [3.05, 3.63) is 0 Å². The molecule has 1 aliphatic heterocycles. The molecule has 1 fully saturated rings. The molecule has 11 heavy (non-hydrogen) atoms. The number of halogens is 1. The van der Waals surface area contributed by atoms with E-state index in [1.54, 1.807) is 0 Å². The van der Waals surface area contributed by atoms with Crippen LogP contribution in [-0.2, 0) is 4.79 Å².